The molecule has 0 saturated heterocycles. The largest absolute Gasteiger partial charge is 0.481 e. The fourth-order valence-electron chi connectivity index (χ4n) is 4.05. The number of carboxylic acid groups (broad SMARTS) is 2. The summed E-state index contributed by atoms with van der Waals surface area (Å²) in [6, 6.07) is 0. The zero-order valence-electron chi connectivity index (χ0n) is 10.5. The smallest absolute Gasteiger partial charge is 0.307 e. The predicted molar refractivity (Wildman–Crippen MR) is 61.4 cm³/mol. The van der Waals surface area contributed by atoms with Gasteiger partial charge >= 0.3 is 11.9 Å². The third kappa shape index (κ3) is 1.83. The normalized spacial score (nSPS) is 40.5. The summed E-state index contributed by atoms with van der Waals surface area (Å²) >= 11 is 0. The lowest BCUT2D eigenvalue weighted by Crippen LogP contribution is -2.41. The van der Waals surface area contributed by atoms with Crippen LogP contribution >= 0.6 is 0 Å². The third-order valence-corrected chi connectivity index (χ3v) is 4.69. The van der Waals surface area contributed by atoms with Gasteiger partial charge in [-0.2, -0.15) is 0 Å². The van der Waals surface area contributed by atoms with Gasteiger partial charge in [-0.25, -0.2) is 0 Å². The molecular formula is C13H20O4. The molecule has 96 valence electrons. The fourth-order valence-corrected chi connectivity index (χ4v) is 4.05. The van der Waals surface area contributed by atoms with Gasteiger partial charge in [0.1, 0.15) is 0 Å². The quantitative estimate of drug-likeness (QED) is 0.775. The van der Waals surface area contributed by atoms with Gasteiger partial charge in [0.05, 0.1) is 11.8 Å². The zero-order valence-corrected chi connectivity index (χ0v) is 10.5. The lowest BCUT2D eigenvalue weighted by Gasteiger charge is -2.38. The van der Waals surface area contributed by atoms with Gasteiger partial charge in [0.15, 0.2) is 0 Å². The van der Waals surface area contributed by atoms with Crippen molar-refractivity contribution in [1.29, 1.82) is 0 Å². The molecule has 5 atom stereocenters. The first-order valence-corrected chi connectivity index (χ1v) is 6.19. The highest BCUT2D eigenvalue weighted by atomic mass is 16.4. The average molecular weight is 240 g/mol. The summed E-state index contributed by atoms with van der Waals surface area (Å²) in [5.74, 6) is -2.78. The molecule has 2 rings (SSSR count). The third-order valence-electron chi connectivity index (χ3n) is 4.69. The topological polar surface area (TPSA) is 74.6 Å². The lowest BCUT2D eigenvalue weighted by molar-refractivity contribution is -0.158. The van der Waals surface area contributed by atoms with Crippen LogP contribution in [0.5, 0.6) is 0 Å². The van der Waals surface area contributed by atoms with E-state index in [9.17, 15) is 19.8 Å². The van der Waals surface area contributed by atoms with Crippen molar-refractivity contribution in [2.24, 2.45) is 35.0 Å². The molecule has 0 aromatic heterocycles. The highest BCUT2D eigenvalue weighted by Crippen LogP contribution is 2.59. The van der Waals surface area contributed by atoms with Crippen molar-refractivity contribution in [3.8, 4) is 0 Å². The minimum atomic E-state index is -0.933. The van der Waals surface area contributed by atoms with Crippen molar-refractivity contribution < 1.29 is 19.8 Å². The minimum Gasteiger partial charge on any atom is -0.481 e. The molecule has 17 heavy (non-hydrogen) atoms. The van der Waals surface area contributed by atoms with E-state index in [0.29, 0.717) is 5.92 Å². The van der Waals surface area contributed by atoms with Crippen LogP contribution in [0, 0.1) is 35.0 Å². The maximum absolute atomic E-state index is 11.3. The Bertz CT molecular complexity index is 355. The molecule has 2 N–H and O–H groups in total. The van der Waals surface area contributed by atoms with E-state index in [-0.39, 0.29) is 17.3 Å². The first kappa shape index (κ1) is 12.4. The number of hydrogen-bond donors (Lipinski definition) is 2. The van der Waals surface area contributed by atoms with Gasteiger partial charge in [-0.1, -0.05) is 20.8 Å². The van der Waals surface area contributed by atoms with Crippen molar-refractivity contribution >= 4 is 11.9 Å². The highest BCUT2D eigenvalue weighted by Gasteiger charge is 2.60. The summed E-state index contributed by atoms with van der Waals surface area (Å²) in [6.45, 7) is 6.35. The van der Waals surface area contributed by atoms with E-state index in [2.05, 4.69) is 20.8 Å². The number of aliphatic carboxylic acids is 2. The first-order chi connectivity index (χ1) is 7.73. The number of carbonyl (C=O) groups is 2. The van der Waals surface area contributed by atoms with E-state index >= 15 is 0 Å². The van der Waals surface area contributed by atoms with Gasteiger partial charge < -0.3 is 10.2 Å². The molecule has 0 spiro atoms. The number of carboxylic acids is 2. The second-order valence-electron chi connectivity index (χ2n) is 6.60. The summed E-state index contributed by atoms with van der Waals surface area (Å²) < 4.78 is 0. The van der Waals surface area contributed by atoms with Crippen molar-refractivity contribution in [2.75, 3.05) is 0 Å². The fraction of sp³-hybridized carbons (Fsp3) is 0.846. The SMILES string of the molecule is CC(C)(C)C1CC2CC1C(C(=O)O)C2C(=O)O. The summed E-state index contributed by atoms with van der Waals surface area (Å²) in [5.41, 5.74) is 0.0661. The van der Waals surface area contributed by atoms with Gasteiger partial charge in [0.25, 0.3) is 0 Å². The maximum atomic E-state index is 11.3. The Balaban J connectivity index is 2.29. The average Bonchev–Trinajstić information content (AvgIpc) is 2.71. The predicted octanol–water partition coefficient (Wildman–Crippen LogP) is 2.09. The van der Waals surface area contributed by atoms with Crippen molar-refractivity contribution in [3.05, 3.63) is 0 Å². The van der Waals surface area contributed by atoms with E-state index in [0.717, 1.165) is 12.8 Å². The van der Waals surface area contributed by atoms with Crippen LogP contribution in [0.3, 0.4) is 0 Å². The Hall–Kier alpha value is -1.06. The van der Waals surface area contributed by atoms with Gasteiger partial charge in [0, 0.05) is 0 Å². The van der Waals surface area contributed by atoms with Gasteiger partial charge in [-0.05, 0) is 36.0 Å². The van der Waals surface area contributed by atoms with Gasteiger partial charge in [-0.3, -0.25) is 9.59 Å². The Morgan fingerprint density at radius 1 is 1.00 bits per heavy atom. The van der Waals surface area contributed by atoms with Crippen LogP contribution in [-0.2, 0) is 9.59 Å². The zero-order chi connectivity index (χ0) is 13.0. The molecule has 2 fully saturated rings. The summed E-state index contributed by atoms with van der Waals surface area (Å²) in [4.78, 5) is 22.5. The van der Waals surface area contributed by atoms with E-state index in [1.807, 2.05) is 0 Å². The first-order valence-electron chi connectivity index (χ1n) is 6.19. The van der Waals surface area contributed by atoms with Crippen molar-refractivity contribution in [1.82, 2.24) is 0 Å². The van der Waals surface area contributed by atoms with Crippen LogP contribution < -0.4 is 0 Å². The van der Waals surface area contributed by atoms with Crippen molar-refractivity contribution in [3.63, 3.8) is 0 Å². The van der Waals surface area contributed by atoms with Crippen LogP contribution in [0.1, 0.15) is 33.6 Å². The summed E-state index contributed by atoms with van der Waals surface area (Å²) in [7, 11) is 0. The van der Waals surface area contributed by atoms with Crippen LogP contribution in [0.15, 0.2) is 0 Å². The van der Waals surface area contributed by atoms with Crippen LogP contribution in [0.25, 0.3) is 0 Å². The molecule has 2 aliphatic carbocycles. The molecule has 2 bridgehead atoms. The van der Waals surface area contributed by atoms with Crippen molar-refractivity contribution in [2.45, 2.75) is 33.6 Å². The van der Waals surface area contributed by atoms with Gasteiger partial charge in [0.2, 0.25) is 0 Å². The molecule has 0 aliphatic heterocycles. The van der Waals surface area contributed by atoms with E-state index in [1.165, 1.54) is 0 Å². The molecule has 4 nitrogen and oxygen atoms in total. The molecular weight excluding hydrogens is 220 g/mol. The standard InChI is InChI=1S/C13H20O4/c1-13(2,3)8-5-6-4-7(8)10(12(16)17)9(6)11(14)15/h6-10H,4-5H2,1-3H3,(H,14,15)(H,16,17). The highest BCUT2D eigenvalue weighted by molar-refractivity contribution is 5.81. The summed E-state index contributed by atoms with van der Waals surface area (Å²) in [6.07, 6.45) is 1.64. The van der Waals surface area contributed by atoms with E-state index in [4.69, 9.17) is 0 Å². The molecule has 5 unspecified atom stereocenters. The Labute approximate surface area is 101 Å². The Morgan fingerprint density at radius 3 is 1.94 bits per heavy atom. The summed E-state index contributed by atoms with van der Waals surface area (Å²) in [5, 5.41) is 18.5. The molecule has 0 radical (unpaired) electrons. The minimum absolute atomic E-state index is 0.0404. The molecule has 4 heteroatoms. The second kappa shape index (κ2) is 3.72. The molecule has 0 heterocycles. The second-order valence-corrected chi connectivity index (χ2v) is 6.60. The number of hydrogen-bond acceptors (Lipinski definition) is 2. The van der Waals surface area contributed by atoms with Gasteiger partial charge in [-0.15, -0.1) is 0 Å². The molecule has 0 aromatic carbocycles. The number of rotatable bonds is 2. The Kier molecular flexibility index (Phi) is 2.71. The lowest BCUT2D eigenvalue weighted by atomic mass is 9.65. The Morgan fingerprint density at radius 2 is 1.53 bits per heavy atom. The monoisotopic (exact) mass is 240 g/mol. The van der Waals surface area contributed by atoms with E-state index in [1.54, 1.807) is 0 Å². The molecule has 0 amide bonds. The van der Waals surface area contributed by atoms with E-state index < -0.39 is 23.8 Å². The molecule has 0 aromatic rings. The maximum Gasteiger partial charge on any atom is 0.307 e. The van der Waals surface area contributed by atoms with Crippen LogP contribution in [0.4, 0.5) is 0 Å². The molecule has 2 aliphatic rings. The van der Waals surface area contributed by atoms with Crippen LogP contribution in [0.2, 0.25) is 0 Å². The number of fused-ring (bicyclic) bond motifs is 2. The molecule has 2 saturated carbocycles. The van der Waals surface area contributed by atoms with Crippen LogP contribution in [-0.4, -0.2) is 22.2 Å².